The van der Waals surface area contributed by atoms with Gasteiger partial charge < -0.3 is 14.2 Å². The average molecular weight is 296 g/mol. The zero-order valence-corrected chi connectivity index (χ0v) is 13.4. The van der Waals surface area contributed by atoms with Gasteiger partial charge in [-0.25, -0.2) is 0 Å². The average Bonchev–Trinajstić information content (AvgIpc) is 2.75. The van der Waals surface area contributed by atoms with Gasteiger partial charge in [-0.1, -0.05) is 13.3 Å². The smallest absolute Gasteiger partial charge is 0.304 e. The molecule has 2 saturated heterocycles. The number of esters is 1. The summed E-state index contributed by atoms with van der Waals surface area (Å²) in [6.07, 6.45) is 6.87. The van der Waals surface area contributed by atoms with E-state index in [9.17, 15) is 4.79 Å². The van der Waals surface area contributed by atoms with E-state index >= 15 is 0 Å². The predicted octanol–water partition coefficient (Wildman–Crippen LogP) is 3.49. The van der Waals surface area contributed by atoms with Crippen molar-refractivity contribution >= 4 is 5.97 Å². The van der Waals surface area contributed by atoms with Gasteiger partial charge in [0.05, 0.1) is 6.10 Å². The van der Waals surface area contributed by atoms with Gasteiger partial charge in [-0.15, -0.1) is 0 Å². The molecule has 4 heteroatoms. The molecule has 5 unspecified atom stereocenters. The van der Waals surface area contributed by atoms with Gasteiger partial charge in [0.25, 0.3) is 0 Å². The van der Waals surface area contributed by atoms with Crippen molar-refractivity contribution < 1.29 is 19.0 Å². The Labute approximate surface area is 127 Å². The van der Waals surface area contributed by atoms with Gasteiger partial charge in [-0.3, -0.25) is 4.79 Å². The summed E-state index contributed by atoms with van der Waals surface area (Å²) in [5.74, 6) is 1.72. The molecule has 2 heterocycles. The van der Waals surface area contributed by atoms with Crippen LogP contribution in [0.4, 0.5) is 0 Å². The molecule has 1 saturated carbocycles. The zero-order chi connectivity index (χ0) is 15.0. The SMILES string of the molecule is CC(=O)O[C@@H]1OC2OC(C)CC[C@H]3CCCC(CC23)C1C. The predicted molar refractivity (Wildman–Crippen MR) is 78.3 cm³/mol. The summed E-state index contributed by atoms with van der Waals surface area (Å²) in [4.78, 5) is 11.4. The number of carbonyl (C=O) groups excluding carboxylic acids is 1. The summed E-state index contributed by atoms with van der Waals surface area (Å²) < 4.78 is 17.8. The third-order valence-electron chi connectivity index (χ3n) is 5.71. The molecule has 1 aliphatic carbocycles. The summed E-state index contributed by atoms with van der Waals surface area (Å²) >= 11 is 0. The molecular weight excluding hydrogens is 268 g/mol. The fourth-order valence-corrected chi connectivity index (χ4v) is 4.44. The first kappa shape index (κ1) is 15.3. The molecule has 0 aromatic carbocycles. The van der Waals surface area contributed by atoms with E-state index in [2.05, 4.69) is 13.8 Å². The summed E-state index contributed by atoms with van der Waals surface area (Å²) in [6, 6.07) is 0. The van der Waals surface area contributed by atoms with Gasteiger partial charge in [0.1, 0.15) is 0 Å². The lowest BCUT2D eigenvalue weighted by Gasteiger charge is -2.31. The maximum atomic E-state index is 11.4. The van der Waals surface area contributed by atoms with Crippen LogP contribution in [0.5, 0.6) is 0 Å². The summed E-state index contributed by atoms with van der Waals surface area (Å²) in [7, 11) is 0. The van der Waals surface area contributed by atoms with Crippen molar-refractivity contribution in [3.8, 4) is 0 Å². The first-order chi connectivity index (χ1) is 10.0. The van der Waals surface area contributed by atoms with Crippen LogP contribution in [0.15, 0.2) is 0 Å². The van der Waals surface area contributed by atoms with Crippen molar-refractivity contribution in [2.45, 2.75) is 78.0 Å². The van der Waals surface area contributed by atoms with Gasteiger partial charge in [0, 0.05) is 18.8 Å². The molecule has 0 amide bonds. The van der Waals surface area contributed by atoms with Gasteiger partial charge in [0.15, 0.2) is 6.29 Å². The number of rotatable bonds is 1. The summed E-state index contributed by atoms with van der Waals surface area (Å²) in [5, 5.41) is 0. The highest BCUT2D eigenvalue weighted by Gasteiger charge is 2.45. The van der Waals surface area contributed by atoms with Crippen LogP contribution in [-0.4, -0.2) is 24.7 Å². The molecule has 4 nitrogen and oxygen atoms in total. The van der Waals surface area contributed by atoms with Crippen LogP contribution in [-0.2, 0) is 19.0 Å². The van der Waals surface area contributed by atoms with Crippen molar-refractivity contribution in [3.63, 3.8) is 0 Å². The van der Waals surface area contributed by atoms with Crippen molar-refractivity contribution in [2.75, 3.05) is 0 Å². The standard InChI is InChI=1S/C17H28O4/c1-10-7-8-13-5-4-6-14-9-15(13)17(19-10)21-16(11(14)2)20-12(3)18/h10-11,13-17H,4-9H2,1-3H3/t10?,11?,13-,14?,15?,16-,17?/m1/s1. The van der Waals surface area contributed by atoms with Gasteiger partial charge in [-0.2, -0.15) is 0 Å². The van der Waals surface area contributed by atoms with Crippen LogP contribution in [0.25, 0.3) is 0 Å². The molecule has 21 heavy (non-hydrogen) atoms. The fourth-order valence-electron chi connectivity index (χ4n) is 4.44. The van der Waals surface area contributed by atoms with Crippen LogP contribution >= 0.6 is 0 Å². The maximum Gasteiger partial charge on any atom is 0.304 e. The molecule has 7 atom stereocenters. The van der Waals surface area contributed by atoms with E-state index in [1.165, 1.54) is 32.6 Å². The lowest BCUT2D eigenvalue weighted by molar-refractivity contribution is -0.270. The topological polar surface area (TPSA) is 44.8 Å². The summed E-state index contributed by atoms with van der Waals surface area (Å²) in [6.45, 7) is 5.74. The number of fused-ring (bicyclic) bond motifs is 1. The van der Waals surface area contributed by atoms with Crippen LogP contribution in [0.2, 0.25) is 0 Å². The second kappa shape index (κ2) is 6.25. The maximum absolute atomic E-state index is 11.4. The Bertz CT molecular complexity index is 383. The highest BCUT2D eigenvalue weighted by molar-refractivity contribution is 5.66. The van der Waals surface area contributed by atoms with E-state index in [1.54, 1.807) is 0 Å². The number of hydrogen-bond donors (Lipinski definition) is 0. The van der Waals surface area contributed by atoms with Crippen LogP contribution in [0, 0.1) is 23.7 Å². The lowest BCUT2D eigenvalue weighted by atomic mass is 9.80. The number of carbonyl (C=O) groups is 1. The van der Waals surface area contributed by atoms with Crippen LogP contribution in [0.3, 0.4) is 0 Å². The monoisotopic (exact) mass is 296 g/mol. The second-order valence-corrected chi connectivity index (χ2v) is 7.22. The Hall–Kier alpha value is -0.610. The van der Waals surface area contributed by atoms with E-state index in [0.717, 1.165) is 12.8 Å². The Kier molecular flexibility index (Phi) is 4.55. The molecule has 0 radical (unpaired) electrons. The van der Waals surface area contributed by atoms with Crippen molar-refractivity contribution in [1.29, 1.82) is 0 Å². The van der Waals surface area contributed by atoms with Gasteiger partial charge >= 0.3 is 5.97 Å². The third-order valence-corrected chi connectivity index (χ3v) is 5.71. The largest absolute Gasteiger partial charge is 0.436 e. The summed E-state index contributed by atoms with van der Waals surface area (Å²) in [5.41, 5.74) is 0. The van der Waals surface area contributed by atoms with Gasteiger partial charge in [0.2, 0.25) is 6.29 Å². The Morgan fingerprint density at radius 1 is 1.05 bits per heavy atom. The molecule has 0 aromatic rings. The Balaban J connectivity index is 1.86. The highest BCUT2D eigenvalue weighted by Crippen LogP contribution is 2.46. The molecule has 0 spiro atoms. The Morgan fingerprint density at radius 3 is 2.57 bits per heavy atom. The van der Waals surface area contributed by atoms with E-state index in [1.807, 2.05) is 0 Å². The van der Waals surface area contributed by atoms with E-state index in [-0.39, 0.29) is 24.3 Å². The molecule has 2 bridgehead atoms. The normalized spacial score (nSPS) is 46.9. The molecule has 120 valence electrons. The minimum atomic E-state index is -0.452. The van der Waals surface area contributed by atoms with E-state index < -0.39 is 6.29 Å². The van der Waals surface area contributed by atoms with E-state index in [4.69, 9.17) is 14.2 Å². The first-order valence-electron chi connectivity index (χ1n) is 8.52. The van der Waals surface area contributed by atoms with E-state index in [0.29, 0.717) is 17.8 Å². The molecule has 3 fully saturated rings. The number of ether oxygens (including phenoxy) is 3. The number of hydrogen-bond acceptors (Lipinski definition) is 4. The second-order valence-electron chi connectivity index (χ2n) is 7.22. The lowest BCUT2D eigenvalue weighted by Crippen LogP contribution is -2.36. The molecular formula is C17H28O4. The van der Waals surface area contributed by atoms with Crippen LogP contribution < -0.4 is 0 Å². The molecule has 0 aromatic heterocycles. The molecule has 3 aliphatic rings. The van der Waals surface area contributed by atoms with Crippen molar-refractivity contribution in [2.24, 2.45) is 23.7 Å². The molecule has 2 aliphatic heterocycles. The molecule has 3 rings (SSSR count). The highest BCUT2D eigenvalue weighted by atomic mass is 16.8. The quantitative estimate of drug-likeness (QED) is 0.695. The molecule has 0 N–H and O–H groups in total. The van der Waals surface area contributed by atoms with Crippen molar-refractivity contribution in [1.82, 2.24) is 0 Å². The minimum absolute atomic E-state index is 0.206. The first-order valence-corrected chi connectivity index (χ1v) is 8.52. The Morgan fingerprint density at radius 2 is 1.81 bits per heavy atom. The van der Waals surface area contributed by atoms with Crippen molar-refractivity contribution in [3.05, 3.63) is 0 Å². The third kappa shape index (κ3) is 3.26. The van der Waals surface area contributed by atoms with Crippen LogP contribution in [0.1, 0.15) is 59.3 Å². The fraction of sp³-hybridized carbons (Fsp3) is 0.941. The van der Waals surface area contributed by atoms with Gasteiger partial charge in [-0.05, 0) is 50.9 Å². The minimum Gasteiger partial charge on any atom is -0.436 e. The zero-order valence-electron chi connectivity index (χ0n) is 13.4.